The van der Waals surface area contributed by atoms with E-state index in [-0.39, 0.29) is 29.5 Å². The van der Waals surface area contributed by atoms with Gasteiger partial charge in [0.1, 0.15) is 11.4 Å². The van der Waals surface area contributed by atoms with E-state index >= 15 is 0 Å². The second kappa shape index (κ2) is 7.20. The molecule has 0 saturated carbocycles. The Kier molecular flexibility index (Phi) is 4.47. The predicted molar refractivity (Wildman–Crippen MR) is 117 cm³/mol. The van der Waals surface area contributed by atoms with Gasteiger partial charge in [-0.2, -0.15) is 0 Å². The predicted octanol–water partition coefficient (Wildman–Crippen LogP) is 5.29. The molecule has 5 heteroatoms. The first-order valence-electron chi connectivity index (χ1n) is 10.1. The summed E-state index contributed by atoms with van der Waals surface area (Å²) >= 11 is 0. The van der Waals surface area contributed by atoms with Gasteiger partial charge in [-0.15, -0.1) is 0 Å². The van der Waals surface area contributed by atoms with Crippen molar-refractivity contribution in [3.63, 3.8) is 0 Å². The molecule has 4 nitrogen and oxygen atoms in total. The molecule has 3 aromatic carbocycles. The fourth-order valence-electron chi connectivity index (χ4n) is 4.45. The van der Waals surface area contributed by atoms with E-state index in [1.807, 2.05) is 50.2 Å². The van der Waals surface area contributed by atoms with Gasteiger partial charge in [-0.3, -0.25) is 9.59 Å². The Morgan fingerprint density at radius 2 is 1.68 bits per heavy atom. The summed E-state index contributed by atoms with van der Waals surface area (Å²) in [5, 5.41) is 0.502. The van der Waals surface area contributed by atoms with Gasteiger partial charge in [0, 0.05) is 6.54 Å². The van der Waals surface area contributed by atoms with Crippen molar-refractivity contribution in [3.8, 4) is 0 Å². The van der Waals surface area contributed by atoms with Crippen molar-refractivity contribution in [1.29, 1.82) is 0 Å². The molecular formula is C26H20FNO3. The molecule has 1 atom stereocenters. The minimum absolute atomic E-state index is 0.0819. The molecule has 2 heterocycles. The molecule has 0 fully saturated rings. The molecule has 0 aliphatic carbocycles. The summed E-state index contributed by atoms with van der Waals surface area (Å²) in [5.41, 5.74) is 3.98. The standard InChI is InChI=1S/C26H20FNO3/c1-15-12-16(2)21-20(13-15)31-25-22(24(21)29)23(18-6-4-3-5-7-18)28(26(25)30)14-17-8-10-19(27)11-9-17/h3-13,23H,14H2,1-2H3. The average molecular weight is 413 g/mol. The number of hydrogen-bond acceptors (Lipinski definition) is 3. The smallest absolute Gasteiger partial charge is 0.291 e. The topological polar surface area (TPSA) is 50.5 Å². The lowest BCUT2D eigenvalue weighted by Crippen LogP contribution is -2.29. The van der Waals surface area contributed by atoms with Crippen LogP contribution >= 0.6 is 0 Å². The number of halogens is 1. The first kappa shape index (κ1) is 19.2. The molecule has 1 unspecified atom stereocenters. The average Bonchev–Trinajstić information content (AvgIpc) is 3.02. The van der Waals surface area contributed by atoms with Crippen LogP contribution < -0.4 is 5.43 Å². The number of carbonyl (C=O) groups excluding carboxylic acids is 1. The molecule has 1 aliphatic rings. The van der Waals surface area contributed by atoms with Gasteiger partial charge in [0.15, 0.2) is 5.43 Å². The lowest BCUT2D eigenvalue weighted by atomic mass is 9.97. The van der Waals surface area contributed by atoms with E-state index in [1.165, 1.54) is 12.1 Å². The van der Waals surface area contributed by atoms with Crippen molar-refractivity contribution >= 4 is 16.9 Å². The summed E-state index contributed by atoms with van der Waals surface area (Å²) in [6.07, 6.45) is 0. The van der Waals surface area contributed by atoms with Crippen molar-refractivity contribution in [3.05, 3.63) is 116 Å². The van der Waals surface area contributed by atoms with E-state index in [0.29, 0.717) is 16.5 Å². The normalized spacial score (nSPS) is 15.5. The zero-order valence-electron chi connectivity index (χ0n) is 17.2. The van der Waals surface area contributed by atoms with Gasteiger partial charge < -0.3 is 9.32 Å². The van der Waals surface area contributed by atoms with Crippen LogP contribution in [-0.4, -0.2) is 10.8 Å². The SMILES string of the molecule is Cc1cc(C)c2c(=O)c3c(oc2c1)C(=O)N(Cc1ccc(F)cc1)C3c1ccccc1. The van der Waals surface area contributed by atoms with E-state index in [1.54, 1.807) is 23.1 Å². The molecule has 0 saturated heterocycles. The molecule has 0 N–H and O–H groups in total. The molecular weight excluding hydrogens is 393 g/mol. The molecule has 4 aromatic rings. The van der Waals surface area contributed by atoms with Crippen molar-refractivity contribution in [2.75, 3.05) is 0 Å². The van der Waals surface area contributed by atoms with Crippen molar-refractivity contribution in [2.24, 2.45) is 0 Å². The first-order chi connectivity index (χ1) is 14.9. The first-order valence-corrected chi connectivity index (χ1v) is 10.1. The van der Waals surface area contributed by atoms with E-state index in [4.69, 9.17) is 4.42 Å². The number of hydrogen-bond donors (Lipinski definition) is 0. The minimum atomic E-state index is -0.574. The van der Waals surface area contributed by atoms with Crippen LogP contribution in [0, 0.1) is 19.7 Å². The number of rotatable bonds is 3. The molecule has 1 aromatic heterocycles. The molecule has 0 bridgehead atoms. The van der Waals surface area contributed by atoms with Crippen molar-refractivity contribution in [1.82, 2.24) is 4.90 Å². The fraction of sp³-hybridized carbons (Fsp3) is 0.154. The highest BCUT2D eigenvalue weighted by Gasteiger charge is 2.42. The number of carbonyl (C=O) groups is 1. The fourth-order valence-corrected chi connectivity index (χ4v) is 4.45. The third kappa shape index (κ3) is 3.13. The van der Waals surface area contributed by atoms with Gasteiger partial charge in [-0.05, 0) is 54.3 Å². The van der Waals surface area contributed by atoms with E-state index in [9.17, 15) is 14.0 Å². The maximum atomic E-state index is 13.6. The van der Waals surface area contributed by atoms with Gasteiger partial charge in [-0.1, -0.05) is 48.5 Å². The van der Waals surface area contributed by atoms with Gasteiger partial charge >= 0.3 is 0 Å². The Morgan fingerprint density at radius 1 is 0.968 bits per heavy atom. The second-order valence-corrected chi connectivity index (χ2v) is 8.00. The van der Waals surface area contributed by atoms with Crippen LogP contribution in [0.3, 0.4) is 0 Å². The minimum Gasteiger partial charge on any atom is -0.450 e. The molecule has 1 amide bonds. The molecule has 0 radical (unpaired) electrons. The third-order valence-electron chi connectivity index (χ3n) is 5.79. The van der Waals surface area contributed by atoms with Crippen LogP contribution in [-0.2, 0) is 6.54 Å². The van der Waals surface area contributed by atoms with E-state index in [2.05, 4.69) is 0 Å². The Bertz CT molecular complexity index is 1370. The molecule has 31 heavy (non-hydrogen) atoms. The second-order valence-electron chi connectivity index (χ2n) is 8.00. The summed E-state index contributed by atoms with van der Waals surface area (Å²) < 4.78 is 19.4. The zero-order chi connectivity index (χ0) is 21.7. The molecule has 1 aliphatic heterocycles. The molecule has 154 valence electrons. The molecule has 0 spiro atoms. The van der Waals surface area contributed by atoms with Crippen LogP contribution in [0.5, 0.6) is 0 Å². The Labute approximate surface area is 178 Å². The van der Waals surface area contributed by atoms with E-state index in [0.717, 1.165) is 22.3 Å². The van der Waals surface area contributed by atoms with Crippen LogP contribution in [0.25, 0.3) is 11.0 Å². The van der Waals surface area contributed by atoms with Crippen LogP contribution in [0.2, 0.25) is 0 Å². The van der Waals surface area contributed by atoms with E-state index < -0.39 is 6.04 Å². The lowest BCUT2D eigenvalue weighted by molar-refractivity contribution is 0.0714. The third-order valence-corrected chi connectivity index (χ3v) is 5.79. The quantitative estimate of drug-likeness (QED) is 0.458. The van der Waals surface area contributed by atoms with Crippen LogP contribution in [0.15, 0.2) is 75.9 Å². The number of aryl methyl sites for hydroxylation is 2. The summed E-state index contributed by atoms with van der Waals surface area (Å²) in [5.74, 6) is -0.599. The van der Waals surface area contributed by atoms with Gasteiger partial charge in [0.05, 0.1) is 17.0 Å². The van der Waals surface area contributed by atoms with Crippen molar-refractivity contribution < 1.29 is 13.6 Å². The summed E-state index contributed by atoms with van der Waals surface area (Å²) in [7, 11) is 0. The monoisotopic (exact) mass is 413 g/mol. The maximum absolute atomic E-state index is 13.6. The Balaban J connectivity index is 1.74. The maximum Gasteiger partial charge on any atom is 0.291 e. The Hall–Kier alpha value is -3.73. The van der Waals surface area contributed by atoms with Gasteiger partial charge in [0.25, 0.3) is 5.91 Å². The van der Waals surface area contributed by atoms with Crippen molar-refractivity contribution in [2.45, 2.75) is 26.4 Å². The summed E-state index contributed by atoms with van der Waals surface area (Å²) in [6.45, 7) is 4.04. The summed E-state index contributed by atoms with van der Waals surface area (Å²) in [4.78, 5) is 28.7. The van der Waals surface area contributed by atoms with Crippen LogP contribution in [0.1, 0.15) is 44.4 Å². The number of fused-ring (bicyclic) bond motifs is 2. The highest BCUT2D eigenvalue weighted by molar-refractivity contribution is 5.99. The highest BCUT2D eigenvalue weighted by atomic mass is 19.1. The molecule has 5 rings (SSSR count). The highest BCUT2D eigenvalue weighted by Crippen LogP contribution is 2.39. The summed E-state index contributed by atoms with van der Waals surface area (Å²) in [6, 6.07) is 18.6. The largest absolute Gasteiger partial charge is 0.450 e. The van der Waals surface area contributed by atoms with Crippen LogP contribution in [0.4, 0.5) is 4.39 Å². The zero-order valence-corrected chi connectivity index (χ0v) is 17.2. The number of nitrogens with zero attached hydrogens (tertiary/aromatic N) is 1. The Morgan fingerprint density at radius 3 is 2.39 bits per heavy atom. The number of amides is 1. The lowest BCUT2D eigenvalue weighted by Gasteiger charge is -2.25. The number of benzene rings is 3. The van der Waals surface area contributed by atoms with Gasteiger partial charge in [-0.25, -0.2) is 4.39 Å². The van der Waals surface area contributed by atoms with Gasteiger partial charge in [0.2, 0.25) is 5.76 Å².